The van der Waals surface area contributed by atoms with E-state index in [4.69, 9.17) is 0 Å². The summed E-state index contributed by atoms with van der Waals surface area (Å²) in [5.74, 6) is -1.94. The molecule has 8 nitrogen and oxygen atoms in total. The van der Waals surface area contributed by atoms with E-state index in [2.05, 4.69) is 16.0 Å². The van der Waals surface area contributed by atoms with Gasteiger partial charge in [0.05, 0.1) is 11.1 Å². The van der Waals surface area contributed by atoms with Gasteiger partial charge < -0.3 is 10.6 Å². The van der Waals surface area contributed by atoms with Crippen LogP contribution in [0.2, 0.25) is 0 Å². The number of nitrogens with zero attached hydrogens (tertiary/aromatic N) is 1. The van der Waals surface area contributed by atoms with E-state index in [1.165, 1.54) is 0 Å². The first-order chi connectivity index (χ1) is 12.5. The van der Waals surface area contributed by atoms with Gasteiger partial charge in [-0.2, -0.15) is 0 Å². The molecule has 1 saturated carbocycles. The molecule has 0 radical (unpaired) electrons. The molecule has 1 aromatic rings. The van der Waals surface area contributed by atoms with Crippen molar-refractivity contribution in [2.24, 2.45) is 0 Å². The van der Waals surface area contributed by atoms with Gasteiger partial charge in [-0.1, -0.05) is 6.07 Å². The van der Waals surface area contributed by atoms with Crippen LogP contribution in [0.5, 0.6) is 0 Å². The van der Waals surface area contributed by atoms with Crippen LogP contribution in [-0.2, 0) is 9.59 Å². The second-order valence-corrected chi connectivity index (χ2v) is 6.97. The van der Waals surface area contributed by atoms with E-state index in [1.807, 2.05) is 7.05 Å². The highest BCUT2D eigenvalue weighted by Gasteiger charge is 2.45. The minimum Gasteiger partial charge on any atom is -0.382 e. The van der Waals surface area contributed by atoms with Crippen LogP contribution in [0.1, 0.15) is 46.4 Å². The molecule has 2 heterocycles. The lowest BCUT2D eigenvalue weighted by molar-refractivity contribution is -0.136. The maximum Gasteiger partial charge on any atom is 0.264 e. The molecule has 1 saturated heterocycles. The van der Waals surface area contributed by atoms with Gasteiger partial charge in [0, 0.05) is 24.2 Å². The van der Waals surface area contributed by atoms with Gasteiger partial charge in [0.15, 0.2) is 0 Å². The van der Waals surface area contributed by atoms with Gasteiger partial charge in [0.2, 0.25) is 11.8 Å². The third-order valence-corrected chi connectivity index (χ3v) is 5.37. The number of hydrogen-bond donors (Lipinski definition) is 3. The zero-order valence-electron chi connectivity index (χ0n) is 14.4. The molecule has 3 N–H and O–H groups in total. The van der Waals surface area contributed by atoms with Crippen molar-refractivity contribution in [2.45, 2.75) is 43.8 Å². The molecule has 3 aliphatic rings. The molecule has 4 amide bonds. The van der Waals surface area contributed by atoms with E-state index in [9.17, 15) is 19.2 Å². The van der Waals surface area contributed by atoms with Crippen LogP contribution in [0.3, 0.4) is 0 Å². The summed E-state index contributed by atoms with van der Waals surface area (Å²) in [7, 11) is 1.92. The number of benzene rings is 1. The molecule has 4 rings (SSSR count). The summed E-state index contributed by atoms with van der Waals surface area (Å²) in [5.41, 5.74) is 1.24. The number of carbonyl (C=O) groups excluding carboxylic acids is 4. The Kier molecular flexibility index (Phi) is 3.99. The fraction of sp³-hybridized carbons (Fsp3) is 0.444. The Labute approximate surface area is 150 Å². The third kappa shape index (κ3) is 2.57. The zero-order chi connectivity index (χ0) is 18.4. The Morgan fingerprint density at radius 1 is 1.08 bits per heavy atom. The Bertz CT molecular complexity index is 815. The number of hydrogen-bond acceptors (Lipinski definition) is 6. The highest BCUT2D eigenvalue weighted by molar-refractivity contribution is 6.25. The van der Waals surface area contributed by atoms with Crippen LogP contribution in [-0.4, -0.2) is 53.7 Å². The van der Waals surface area contributed by atoms with Crippen molar-refractivity contribution < 1.29 is 19.2 Å². The SMILES string of the molecule is CN[C@H]1C[C@H](Nc2cccc3c2C(=O)N(C2CCC(=O)NC2=O)C3=O)C1. The number of carbonyl (C=O) groups is 4. The summed E-state index contributed by atoms with van der Waals surface area (Å²) < 4.78 is 0. The van der Waals surface area contributed by atoms with E-state index < -0.39 is 23.8 Å². The van der Waals surface area contributed by atoms with Gasteiger partial charge >= 0.3 is 0 Å². The van der Waals surface area contributed by atoms with Gasteiger partial charge in [-0.25, -0.2) is 0 Å². The van der Waals surface area contributed by atoms with E-state index >= 15 is 0 Å². The number of rotatable bonds is 4. The van der Waals surface area contributed by atoms with E-state index in [0.29, 0.717) is 22.9 Å². The van der Waals surface area contributed by atoms with Gasteiger partial charge in [0.25, 0.3) is 11.8 Å². The van der Waals surface area contributed by atoms with Crippen molar-refractivity contribution in [1.82, 2.24) is 15.5 Å². The Morgan fingerprint density at radius 2 is 1.85 bits per heavy atom. The van der Waals surface area contributed by atoms with Crippen molar-refractivity contribution in [3.8, 4) is 0 Å². The average Bonchev–Trinajstić information content (AvgIpc) is 2.83. The molecule has 8 heteroatoms. The normalized spacial score (nSPS) is 27.9. The highest BCUT2D eigenvalue weighted by Crippen LogP contribution is 2.34. The molecule has 1 aromatic carbocycles. The largest absolute Gasteiger partial charge is 0.382 e. The lowest BCUT2D eigenvalue weighted by Gasteiger charge is -2.36. The number of piperidine rings is 1. The number of amides is 4. The lowest BCUT2D eigenvalue weighted by atomic mass is 9.86. The van der Waals surface area contributed by atoms with E-state index in [1.54, 1.807) is 18.2 Å². The van der Waals surface area contributed by atoms with Crippen LogP contribution in [0.25, 0.3) is 0 Å². The minimum absolute atomic E-state index is 0.113. The summed E-state index contributed by atoms with van der Waals surface area (Å²) in [5, 5.41) is 8.75. The zero-order valence-corrected chi connectivity index (χ0v) is 14.4. The summed E-state index contributed by atoms with van der Waals surface area (Å²) >= 11 is 0. The molecule has 136 valence electrons. The monoisotopic (exact) mass is 356 g/mol. The molecule has 0 spiro atoms. The first-order valence-corrected chi connectivity index (χ1v) is 8.78. The van der Waals surface area contributed by atoms with Crippen LogP contribution < -0.4 is 16.0 Å². The fourth-order valence-electron chi connectivity index (χ4n) is 3.83. The maximum absolute atomic E-state index is 13.0. The predicted molar refractivity (Wildman–Crippen MR) is 92.6 cm³/mol. The van der Waals surface area contributed by atoms with E-state index in [0.717, 1.165) is 17.7 Å². The predicted octanol–water partition coefficient (Wildman–Crippen LogP) is 0.250. The smallest absolute Gasteiger partial charge is 0.264 e. The van der Waals surface area contributed by atoms with E-state index in [-0.39, 0.29) is 24.8 Å². The number of imide groups is 2. The van der Waals surface area contributed by atoms with Crippen LogP contribution in [0.4, 0.5) is 5.69 Å². The molecule has 1 atom stereocenters. The molecule has 1 aliphatic carbocycles. The van der Waals surface area contributed by atoms with Gasteiger partial charge in [-0.15, -0.1) is 0 Å². The summed E-state index contributed by atoms with van der Waals surface area (Å²) in [4.78, 5) is 50.2. The van der Waals surface area contributed by atoms with Crippen molar-refractivity contribution in [3.63, 3.8) is 0 Å². The number of anilines is 1. The first-order valence-electron chi connectivity index (χ1n) is 8.78. The topological polar surface area (TPSA) is 108 Å². The minimum atomic E-state index is -0.940. The van der Waals surface area contributed by atoms with Crippen molar-refractivity contribution in [1.29, 1.82) is 0 Å². The third-order valence-electron chi connectivity index (χ3n) is 5.37. The molecule has 1 unspecified atom stereocenters. The molecule has 2 aliphatic heterocycles. The lowest BCUT2D eigenvalue weighted by Crippen LogP contribution is -2.54. The standard InChI is InChI=1S/C18H20N4O4/c1-19-9-7-10(8-9)20-12-4-2-3-11-15(12)18(26)22(17(11)25)13-5-6-14(23)21-16(13)24/h2-4,9-10,13,19-20H,5-8H2,1H3,(H,21,23,24)/t9-,10-,13?. The Morgan fingerprint density at radius 3 is 2.54 bits per heavy atom. The summed E-state index contributed by atoms with van der Waals surface area (Å²) in [6.07, 6.45) is 2.16. The fourth-order valence-corrected chi connectivity index (χ4v) is 3.83. The Hall–Kier alpha value is -2.74. The maximum atomic E-state index is 13.0. The highest BCUT2D eigenvalue weighted by atomic mass is 16.2. The van der Waals surface area contributed by atoms with Crippen LogP contribution >= 0.6 is 0 Å². The van der Waals surface area contributed by atoms with Gasteiger partial charge in [-0.05, 0) is 38.4 Å². The quantitative estimate of drug-likeness (QED) is 0.668. The molecule has 0 bridgehead atoms. The van der Waals surface area contributed by atoms with Gasteiger partial charge in [0.1, 0.15) is 6.04 Å². The molecule has 0 aromatic heterocycles. The van der Waals surface area contributed by atoms with Gasteiger partial charge in [-0.3, -0.25) is 29.4 Å². The average molecular weight is 356 g/mol. The Balaban J connectivity index is 1.59. The summed E-state index contributed by atoms with van der Waals surface area (Å²) in [6, 6.07) is 4.88. The van der Waals surface area contributed by atoms with Crippen LogP contribution in [0.15, 0.2) is 18.2 Å². The second kappa shape index (κ2) is 6.21. The molecule has 26 heavy (non-hydrogen) atoms. The number of fused-ring (bicyclic) bond motifs is 1. The molecule has 2 fully saturated rings. The summed E-state index contributed by atoms with van der Waals surface area (Å²) in [6.45, 7) is 0. The molecular weight excluding hydrogens is 336 g/mol. The number of nitrogens with one attached hydrogen (secondary N) is 3. The first kappa shape index (κ1) is 16.7. The van der Waals surface area contributed by atoms with Crippen molar-refractivity contribution >= 4 is 29.3 Å². The molecular formula is C18H20N4O4. The van der Waals surface area contributed by atoms with Crippen molar-refractivity contribution in [2.75, 3.05) is 12.4 Å². The van der Waals surface area contributed by atoms with Crippen molar-refractivity contribution in [3.05, 3.63) is 29.3 Å². The van der Waals surface area contributed by atoms with Crippen LogP contribution in [0, 0.1) is 0 Å². The second-order valence-electron chi connectivity index (χ2n) is 6.97.